The molecule has 1 aromatic carbocycles. The minimum Gasteiger partial charge on any atom is -0.309 e. The van der Waals surface area contributed by atoms with Gasteiger partial charge in [-0.25, -0.2) is 4.39 Å². The number of thiophene rings is 1. The van der Waals surface area contributed by atoms with Crippen LogP contribution in [-0.2, 0) is 0 Å². The van der Waals surface area contributed by atoms with E-state index in [1.807, 2.05) is 12.1 Å². The Morgan fingerprint density at radius 3 is 2.65 bits per heavy atom. The van der Waals surface area contributed by atoms with Crippen LogP contribution in [0.25, 0.3) is 0 Å². The summed E-state index contributed by atoms with van der Waals surface area (Å²) in [4.78, 5) is 0.981. The molecule has 0 saturated carbocycles. The first kappa shape index (κ1) is 13.0. The molecule has 5 heteroatoms. The van der Waals surface area contributed by atoms with Gasteiger partial charge in [0.1, 0.15) is 5.82 Å². The summed E-state index contributed by atoms with van der Waals surface area (Å²) < 4.78 is 14.6. The highest BCUT2D eigenvalue weighted by Gasteiger charge is 2.18. The Hall–Kier alpha value is -0.420. The fraction of sp³-hybridized carbons (Fsp3) is 0.167. The predicted octanol–water partition coefficient (Wildman–Crippen LogP) is 4.61. The van der Waals surface area contributed by atoms with E-state index in [1.54, 1.807) is 19.2 Å². The van der Waals surface area contributed by atoms with Gasteiger partial charge in [0, 0.05) is 10.4 Å². The van der Waals surface area contributed by atoms with Gasteiger partial charge >= 0.3 is 0 Å². The van der Waals surface area contributed by atoms with E-state index < -0.39 is 0 Å². The van der Waals surface area contributed by atoms with E-state index in [0.717, 1.165) is 8.66 Å². The van der Waals surface area contributed by atoms with Crippen LogP contribution in [0.5, 0.6) is 0 Å². The molecular formula is C12H10BrClFNS. The molecule has 17 heavy (non-hydrogen) atoms. The van der Waals surface area contributed by atoms with Crippen molar-refractivity contribution in [3.8, 4) is 0 Å². The molecule has 0 bridgehead atoms. The van der Waals surface area contributed by atoms with Crippen molar-refractivity contribution < 1.29 is 4.39 Å². The lowest BCUT2D eigenvalue weighted by Gasteiger charge is -2.15. The van der Waals surface area contributed by atoms with E-state index in [4.69, 9.17) is 11.6 Å². The normalized spacial score (nSPS) is 12.7. The molecule has 0 aliphatic rings. The Kier molecular flexibility index (Phi) is 4.20. The summed E-state index contributed by atoms with van der Waals surface area (Å²) in [6.07, 6.45) is 0. The molecule has 0 aliphatic carbocycles. The minimum atomic E-state index is -0.215. The molecule has 0 spiro atoms. The summed E-state index contributed by atoms with van der Waals surface area (Å²) in [5, 5.41) is 3.76. The van der Waals surface area contributed by atoms with Gasteiger partial charge < -0.3 is 5.32 Å². The molecule has 1 aromatic heterocycles. The largest absolute Gasteiger partial charge is 0.309 e. The van der Waals surface area contributed by atoms with Crippen LogP contribution in [0.1, 0.15) is 16.5 Å². The second kappa shape index (κ2) is 5.48. The monoisotopic (exact) mass is 333 g/mol. The van der Waals surface area contributed by atoms with Gasteiger partial charge in [-0.15, -0.1) is 11.3 Å². The number of halogens is 3. The van der Waals surface area contributed by atoms with Crippen molar-refractivity contribution in [2.75, 3.05) is 7.05 Å². The highest BCUT2D eigenvalue weighted by molar-refractivity contribution is 9.11. The molecule has 2 aromatic rings. The van der Waals surface area contributed by atoms with Gasteiger partial charge in [-0.1, -0.05) is 29.8 Å². The van der Waals surface area contributed by atoms with E-state index in [9.17, 15) is 4.39 Å². The first-order chi connectivity index (χ1) is 8.13. The Morgan fingerprint density at radius 1 is 1.41 bits per heavy atom. The molecule has 1 N–H and O–H groups in total. The average molecular weight is 335 g/mol. The fourth-order valence-corrected chi connectivity index (χ4v) is 3.54. The third-order valence-corrected chi connectivity index (χ3v) is 4.99. The van der Waals surface area contributed by atoms with Crippen LogP contribution < -0.4 is 5.32 Å². The van der Waals surface area contributed by atoms with Crippen molar-refractivity contribution in [2.45, 2.75) is 6.04 Å². The summed E-state index contributed by atoms with van der Waals surface area (Å²) in [6, 6.07) is 8.42. The summed E-state index contributed by atoms with van der Waals surface area (Å²) >= 11 is 10.9. The molecule has 0 fully saturated rings. The molecule has 0 aliphatic heterocycles. The fourth-order valence-electron chi connectivity index (χ4n) is 1.67. The second-order valence-corrected chi connectivity index (χ2v) is 6.32. The maximum atomic E-state index is 13.7. The molecule has 1 heterocycles. The second-order valence-electron chi connectivity index (χ2n) is 3.51. The van der Waals surface area contributed by atoms with Gasteiger partial charge in [-0.05, 0) is 35.1 Å². The maximum absolute atomic E-state index is 13.7. The molecule has 90 valence electrons. The molecule has 0 amide bonds. The number of hydrogen-bond donors (Lipinski definition) is 1. The topological polar surface area (TPSA) is 12.0 Å². The summed E-state index contributed by atoms with van der Waals surface area (Å²) in [5.74, 6) is -0.215. The van der Waals surface area contributed by atoms with Gasteiger partial charge in [0.2, 0.25) is 0 Å². The lowest BCUT2D eigenvalue weighted by atomic mass is 10.1. The van der Waals surface area contributed by atoms with Gasteiger partial charge in [-0.2, -0.15) is 0 Å². The lowest BCUT2D eigenvalue weighted by Crippen LogP contribution is -2.17. The van der Waals surface area contributed by atoms with Crippen molar-refractivity contribution in [3.63, 3.8) is 0 Å². The zero-order valence-electron chi connectivity index (χ0n) is 9.01. The van der Waals surface area contributed by atoms with E-state index in [0.29, 0.717) is 10.6 Å². The third-order valence-electron chi connectivity index (χ3n) is 2.45. The lowest BCUT2D eigenvalue weighted by molar-refractivity contribution is 0.579. The first-order valence-corrected chi connectivity index (χ1v) is 6.98. The van der Waals surface area contributed by atoms with Crippen molar-refractivity contribution in [3.05, 3.63) is 55.4 Å². The summed E-state index contributed by atoms with van der Waals surface area (Å²) in [7, 11) is 1.80. The van der Waals surface area contributed by atoms with Gasteiger partial charge in [0.05, 0.1) is 14.9 Å². The molecule has 1 nitrogen and oxygen atoms in total. The molecule has 0 radical (unpaired) electrons. The molecular weight excluding hydrogens is 325 g/mol. The van der Waals surface area contributed by atoms with Crippen molar-refractivity contribution in [2.24, 2.45) is 0 Å². The van der Waals surface area contributed by atoms with E-state index >= 15 is 0 Å². The highest BCUT2D eigenvalue weighted by Crippen LogP contribution is 2.37. The van der Waals surface area contributed by atoms with Gasteiger partial charge in [0.25, 0.3) is 0 Å². The molecule has 0 saturated heterocycles. The van der Waals surface area contributed by atoms with Crippen LogP contribution in [0.3, 0.4) is 0 Å². The number of nitrogens with one attached hydrogen (secondary N) is 1. The van der Waals surface area contributed by atoms with Crippen LogP contribution in [0, 0.1) is 5.82 Å². The van der Waals surface area contributed by atoms with E-state index in [2.05, 4.69) is 21.2 Å². The molecule has 1 unspecified atom stereocenters. The molecule has 1 atom stereocenters. The van der Waals surface area contributed by atoms with E-state index in [1.165, 1.54) is 17.4 Å². The van der Waals surface area contributed by atoms with Gasteiger partial charge in [-0.3, -0.25) is 0 Å². The Bertz CT molecular complexity index is 509. The average Bonchev–Trinajstić information content (AvgIpc) is 2.63. The number of rotatable bonds is 3. The van der Waals surface area contributed by atoms with Crippen molar-refractivity contribution in [1.29, 1.82) is 0 Å². The van der Waals surface area contributed by atoms with E-state index in [-0.39, 0.29) is 11.9 Å². The molecule has 2 rings (SSSR count). The van der Waals surface area contributed by atoms with Crippen LogP contribution in [0.4, 0.5) is 4.39 Å². The quantitative estimate of drug-likeness (QED) is 0.864. The summed E-state index contributed by atoms with van der Waals surface area (Å²) in [5.41, 5.74) is 0.625. The Morgan fingerprint density at radius 2 is 2.12 bits per heavy atom. The maximum Gasteiger partial charge on any atom is 0.128 e. The Labute approximate surface area is 117 Å². The zero-order valence-corrected chi connectivity index (χ0v) is 12.2. The smallest absolute Gasteiger partial charge is 0.128 e. The minimum absolute atomic E-state index is 0.176. The zero-order chi connectivity index (χ0) is 12.4. The van der Waals surface area contributed by atoms with Crippen molar-refractivity contribution in [1.82, 2.24) is 5.32 Å². The Balaban J connectivity index is 2.44. The van der Waals surface area contributed by atoms with Crippen LogP contribution >= 0.6 is 38.9 Å². The third kappa shape index (κ3) is 2.71. The highest BCUT2D eigenvalue weighted by atomic mass is 79.9. The van der Waals surface area contributed by atoms with Crippen LogP contribution in [0.2, 0.25) is 5.02 Å². The SMILES string of the molecule is CNC(c1cc(Cl)c(Br)s1)c1ccccc1F. The summed E-state index contributed by atoms with van der Waals surface area (Å²) in [6.45, 7) is 0. The number of benzene rings is 1. The van der Waals surface area contributed by atoms with Crippen LogP contribution in [0.15, 0.2) is 34.1 Å². The first-order valence-electron chi connectivity index (χ1n) is 5.00. The standard InChI is InChI=1S/C12H10BrClFNS/c1-16-11(7-4-2-3-5-9(7)15)10-6-8(14)12(13)17-10/h2-6,11,16H,1H3. The van der Waals surface area contributed by atoms with Gasteiger partial charge in [0.15, 0.2) is 0 Å². The number of hydrogen-bond acceptors (Lipinski definition) is 2. The predicted molar refractivity (Wildman–Crippen MR) is 74.3 cm³/mol. The van der Waals surface area contributed by atoms with Crippen molar-refractivity contribution >= 4 is 38.9 Å². The van der Waals surface area contributed by atoms with Crippen LogP contribution in [-0.4, -0.2) is 7.05 Å².